The predicted octanol–water partition coefficient (Wildman–Crippen LogP) is 5.09. The van der Waals surface area contributed by atoms with Gasteiger partial charge in [-0.1, -0.05) is 17.7 Å². The number of halogens is 2. The van der Waals surface area contributed by atoms with E-state index in [1.807, 2.05) is 18.4 Å². The van der Waals surface area contributed by atoms with E-state index in [0.29, 0.717) is 10.5 Å². The van der Waals surface area contributed by atoms with Crippen molar-refractivity contribution in [2.24, 2.45) is 0 Å². The number of rotatable bonds is 3. The summed E-state index contributed by atoms with van der Waals surface area (Å²) in [7, 11) is 0. The lowest BCUT2D eigenvalue weighted by Crippen LogP contribution is -2.27. The zero-order valence-corrected chi connectivity index (χ0v) is 14.4. The van der Waals surface area contributed by atoms with Crippen LogP contribution in [-0.2, 0) is 11.3 Å². The number of amides is 2. The van der Waals surface area contributed by atoms with Crippen LogP contribution in [0, 0.1) is 12.7 Å². The van der Waals surface area contributed by atoms with E-state index in [-0.39, 0.29) is 22.7 Å². The first-order valence-electron chi connectivity index (χ1n) is 6.69. The molecule has 2 aromatic rings. The Morgan fingerprint density at radius 3 is 2.74 bits per heavy atom. The molecule has 1 aromatic carbocycles. The molecule has 1 saturated heterocycles. The molecule has 3 rings (SSSR count). The second-order valence-corrected chi connectivity index (χ2v) is 7.32. The smallest absolute Gasteiger partial charge is 0.268 e. The van der Waals surface area contributed by atoms with E-state index in [1.165, 1.54) is 29.5 Å². The molecule has 1 aliphatic heterocycles. The topological polar surface area (TPSA) is 37.4 Å². The Kier molecular flexibility index (Phi) is 4.57. The highest BCUT2D eigenvalue weighted by atomic mass is 35.5. The predicted molar refractivity (Wildman–Crippen MR) is 92.0 cm³/mol. The van der Waals surface area contributed by atoms with E-state index in [9.17, 15) is 14.0 Å². The standard InChI is InChI=1S/C16H11ClFNO2S2/c1-9-4-5-22-13(9)7-14-15(20)19(16(21)23-14)8-10-2-3-11(18)6-12(10)17/h2-7H,8H2,1H3. The molecule has 23 heavy (non-hydrogen) atoms. The third-order valence-electron chi connectivity index (χ3n) is 3.38. The molecule has 1 aromatic heterocycles. The average Bonchev–Trinajstić information content (AvgIpc) is 3.00. The first-order valence-corrected chi connectivity index (χ1v) is 8.76. The molecule has 3 nitrogen and oxygen atoms in total. The van der Waals surface area contributed by atoms with Crippen molar-refractivity contribution in [1.82, 2.24) is 4.90 Å². The van der Waals surface area contributed by atoms with Crippen LogP contribution in [0.4, 0.5) is 9.18 Å². The van der Waals surface area contributed by atoms with E-state index in [2.05, 4.69) is 0 Å². The lowest BCUT2D eigenvalue weighted by atomic mass is 10.2. The Hall–Kier alpha value is -1.63. The van der Waals surface area contributed by atoms with Crippen molar-refractivity contribution in [2.45, 2.75) is 13.5 Å². The first-order chi connectivity index (χ1) is 11.0. The van der Waals surface area contributed by atoms with E-state index in [4.69, 9.17) is 11.6 Å². The second-order valence-electron chi connectivity index (χ2n) is 4.97. The number of aryl methyl sites for hydroxylation is 1. The summed E-state index contributed by atoms with van der Waals surface area (Å²) in [5.41, 5.74) is 1.59. The van der Waals surface area contributed by atoms with Crippen LogP contribution in [-0.4, -0.2) is 16.0 Å². The molecule has 0 radical (unpaired) electrons. The number of thioether (sulfide) groups is 1. The first kappa shape index (κ1) is 16.2. The lowest BCUT2D eigenvalue weighted by Gasteiger charge is -2.13. The number of imide groups is 1. The number of carbonyl (C=O) groups is 2. The van der Waals surface area contributed by atoms with E-state index in [1.54, 1.807) is 6.08 Å². The molecule has 0 aliphatic carbocycles. The Balaban J connectivity index is 1.84. The molecule has 1 fully saturated rings. The van der Waals surface area contributed by atoms with Crippen molar-refractivity contribution in [2.75, 3.05) is 0 Å². The zero-order chi connectivity index (χ0) is 16.6. The highest BCUT2D eigenvalue weighted by Gasteiger charge is 2.35. The lowest BCUT2D eigenvalue weighted by molar-refractivity contribution is -0.123. The van der Waals surface area contributed by atoms with Crippen molar-refractivity contribution < 1.29 is 14.0 Å². The summed E-state index contributed by atoms with van der Waals surface area (Å²) in [5.74, 6) is -0.811. The quantitative estimate of drug-likeness (QED) is 0.709. The normalized spacial score (nSPS) is 16.7. The molecule has 2 heterocycles. The number of hydrogen-bond acceptors (Lipinski definition) is 4. The molecule has 0 bridgehead atoms. The Morgan fingerprint density at radius 2 is 2.09 bits per heavy atom. The molecule has 0 atom stereocenters. The van der Waals surface area contributed by atoms with Gasteiger partial charge in [0.25, 0.3) is 11.1 Å². The van der Waals surface area contributed by atoms with Gasteiger partial charge in [0.15, 0.2) is 0 Å². The number of hydrogen-bond donors (Lipinski definition) is 0. The van der Waals surface area contributed by atoms with Crippen LogP contribution in [0.5, 0.6) is 0 Å². The van der Waals surface area contributed by atoms with E-state index >= 15 is 0 Å². The van der Waals surface area contributed by atoms with Crippen LogP contribution in [0.1, 0.15) is 16.0 Å². The van der Waals surface area contributed by atoms with Gasteiger partial charge in [0.1, 0.15) is 5.82 Å². The van der Waals surface area contributed by atoms with Crippen LogP contribution < -0.4 is 0 Å². The van der Waals surface area contributed by atoms with Crippen molar-refractivity contribution in [3.8, 4) is 0 Å². The number of thiophene rings is 1. The average molecular weight is 368 g/mol. The number of benzene rings is 1. The minimum Gasteiger partial charge on any atom is -0.268 e. The highest BCUT2D eigenvalue weighted by molar-refractivity contribution is 8.18. The third-order valence-corrected chi connectivity index (χ3v) is 5.61. The van der Waals surface area contributed by atoms with Gasteiger partial charge in [-0.25, -0.2) is 4.39 Å². The third kappa shape index (κ3) is 3.34. The van der Waals surface area contributed by atoms with Gasteiger partial charge in [-0.15, -0.1) is 11.3 Å². The molecule has 2 amide bonds. The van der Waals surface area contributed by atoms with Crippen LogP contribution >= 0.6 is 34.7 Å². The van der Waals surface area contributed by atoms with Crippen molar-refractivity contribution in [1.29, 1.82) is 0 Å². The maximum atomic E-state index is 13.1. The van der Waals surface area contributed by atoms with Gasteiger partial charge in [-0.2, -0.15) is 0 Å². The van der Waals surface area contributed by atoms with Crippen molar-refractivity contribution in [3.63, 3.8) is 0 Å². The molecular formula is C16H11ClFNO2S2. The number of carbonyl (C=O) groups excluding carboxylic acids is 2. The molecule has 0 unspecified atom stereocenters. The van der Waals surface area contributed by atoms with Crippen molar-refractivity contribution in [3.05, 3.63) is 61.4 Å². The summed E-state index contributed by atoms with van der Waals surface area (Å²) in [5, 5.41) is 1.78. The molecule has 7 heteroatoms. The largest absolute Gasteiger partial charge is 0.293 e. The van der Waals surface area contributed by atoms with Crippen molar-refractivity contribution >= 4 is 51.9 Å². The molecular weight excluding hydrogens is 357 g/mol. The molecule has 0 saturated carbocycles. The Morgan fingerprint density at radius 1 is 1.30 bits per heavy atom. The maximum Gasteiger partial charge on any atom is 0.293 e. The Bertz CT molecular complexity index is 831. The van der Waals surface area contributed by atoms with Gasteiger partial charge in [0.05, 0.1) is 11.4 Å². The highest BCUT2D eigenvalue weighted by Crippen LogP contribution is 2.35. The van der Waals surface area contributed by atoms with Crippen LogP contribution in [0.15, 0.2) is 34.6 Å². The van der Waals surface area contributed by atoms with Gasteiger partial charge < -0.3 is 0 Å². The van der Waals surface area contributed by atoms with Crippen LogP contribution in [0.25, 0.3) is 6.08 Å². The SMILES string of the molecule is Cc1ccsc1C=C1SC(=O)N(Cc2ccc(F)cc2Cl)C1=O. The Labute approximate surface area is 145 Å². The van der Waals surface area contributed by atoms with E-state index < -0.39 is 5.82 Å². The fourth-order valence-electron chi connectivity index (χ4n) is 2.11. The summed E-state index contributed by atoms with van der Waals surface area (Å²) in [6.07, 6.45) is 1.73. The molecule has 1 aliphatic rings. The summed E-state index contributed by atoms with van der Waals surface area (Å²) in [6.45, 7) is 1.98. The molecule has 0 N–H and O–H groups in total. The summed E-state index contributed by atoms with van der Waals surface area (Å²) in [6, 6.07) is 5.86. The second kappa shape index (κ2) is 6.47. The summed E-state index contributed by atoms with van der Waals surface area (Å²) >= 11 is 8.39. The van der Waals surface area contributed by atoms with E-state index in [0.717, 1.165) is 27.1 Å². The van der Waals surface area contributed by atoms with Crippen LogP contribution in [0.2, 0.25) is 5.02 Å². The molecule has 0 spiro atoms. The summed E-state index contributed by atoms with van der Waals surface area (Å²) in [4.78, 5) is 27.0. The number of nitrogens with zero attached hydrogens (tertiary/aromatic N) is 1. The van der Waals surface area contributed by atoms with Gasteiger partial charge >= 0.3 is 0 Å². The minimum atomic E-state index is -0.457. The summed E-state index contributed by atoms with van der Waals surface area (Å²) < 4.78 is 13.1. The van der Waals surface area contributed by atoms with Gasteiger partial charge in [-0.3, -0.25) is 14.5 Å². The van der Waals surface area contributed by atoms with Gasteiger partial charge in [0, 0.05) is 9.90 Å². The fraction of sp³-hybridized carbons (Fsp3) is 0.125. The minimum absolute atomic E-state index is 0.0323. The fourth-order valence-corrected chi connectivity index (χ4v) is 4.09. The molecule has 118 valence electrons. The zero-order valence-electron chi connectivity index (χ0n) is 12.0. The van der Waals surface area contributed by atoms with Gasteiger partial charge in [-0.05, 0) is 59.5 Å². The van der Waals surface area contributed by atoms with Crippen LogP contribution in [0.3, 0.4) is 0 Å². The monoisotopic (exact) mass is 367 g/mol. The maximum absolute atomic E-state index is 13.1. The van der Waals surface area contributed by atoms with Gasteiger partial charge in [0.2, 0.25) is 0 Å².